The monoisotopic (exact) mass is 321 g/mol. The topological polar surface area (TPSA) is 65.2 Å². The van der Waals surface area contributed by atoms with E-state index in [0.29, 0.717) is 16.1 Å². The maximum Gasteiger partial charge on any atom is 0.265 e. The van der Waals surface area contributed by atoms with E-state index in [1.807, 2.05) is 18.2 Å². The van der Waals surface area contributed by atoms with Gasteiger partial charge in [0, 0.05) is 18.1 Å². The third-order valence-corrected chi connectivity index (χ3v) is 4.08. The first kappa shape index (κ1) is 16.4. The molecule has 1 amide bonds. The van der Waals surface area contributed by atoms with Crippen molar-refractivity contribution in [3.8, 4) is 16.5 Å². The molecule has 5 heteroatoms. The average Bonchev–Trinajstić information content (AvgIpc) is 3.05. The van der Waals surface area contributed by atoms with E-state index in [0.717, 1.165) is 10.4 Å². The third kappa shape index (κ3) is 4.25. The highest BCUT2D eigenvalue weighted by molar-refractivity contribution is 7.17. The first-order chi connectivity index (χ1) is 11.2. The van der Waals surface area contributed by atoms with E-state index in [1.165, 1.54) is 11.3 Å². The number of hydrogen-bond donors (Lipinski definition) is 1. The van der Waals surface area contributed by atoms with Crippen molar-refractivity contribution in [2.24, 2.45) is 4.99 Å². The normalized spacial score (nSPS) is 11.2. The Kier molecular flexibility index (Phi) is 5.61. The number of carbonyl (C=O) groups excluding carboxylic acids is 1. The lowest BCUT2D eigenvalue weighted by Gasteiger charge is -2.03. The zero-order chi connectivity index (χ0) is 16.7. The average molecular weight is 321 g/mol. The summed E-state index contributed by atoms with van der Waals surface area (Å²) in [7, 11) is 1.64. The summed E-state index contributed by atoms with van der Waals surface area (Å²) in [5.41, 5.74) is 2.17. The highest BCUT2D eigenvalue weighted by Crippen LogP contribution is 2.28. The molecule has 0 radical (unpaired) electrons. The van der Waals surface area contributed by atoms with Gasteiger partial charge in [0.1, 0.15) is 0 Å². The van der Waals surface area contributed by atoms with Gasteiger partial charge in [-0.3, -0.25) is 9.79 Å². The first-order valence-electron chi connectivity index (χ1n) is 6.84. The van der Waals surface area contributed by atoms with Crippen LogP contribution in [0.4, 0.5) is 0 Å². The van der Waals surface area contributed by atoms with E-state index < -0.39 is 0 Å². The molecule has 0 aliphatic carbocycles. The number of nitrogens with one attached hydrogen (secondary N) is 1. The van der Waals surface area contributed by atoms with Crippen molar-refractivity contribution in [3.05, 3.63) is 71.3 Å². The molecule has 0 aliphatic heterocycles. The molecule has 2 rings (SSSR count). The molecule has 0 saturated heterocycles. The van der Waals surface area contributed by atoms with Crippen LogP contribution in [0.15, 0.2) is 65.8 Å². The van der Waals surface area contributed by atoms with Crippen LogP contribution >= 0.6 is 11.3 Å². The van der Waals surface area contributed by atoms with Gasteiger partial charge in [0.25, 0.3) is 5.91 Å². The Balaban J connectivity index is 2.17. The molecular formula is C18H15N3OS. The number of carbonyl (C=O) groups is 1. The van der Waals surface area contributed by atoms with Crippen molar-refractivity contribution in [1.82, 2.24) is 5.32 Å². The molecule has 0 spiro atoms. The van der Waals surface area contributed by atoms with E-state index in [1.54, 1.807) is 43.6 Å². The van der Waals surface area contributed by atoms with Crippen LogP contribution in [0, 0.1) is 11.3 Å². The molecule has 0 fully saturated rings. The fraction of sp³-hybridized carbons (Fsp3) is 0.0556. The van der Waals surface area contributed by atoms with Gasteiger partial charge < -0.3 is 5.32 Å². The third-order valence-electron chi connectivity index (χ3n) is 2.95. The minimum Gasteiger partial charge on any atom is -0.320 e. The number of allylic oxidation sites excluding steroid dienone is 3. The van der Waals surface area contributed by atoms with E-state index in [-0.39, 0.29) is 5.91 Å². The Morgan fingerprint density at radius 3 is 2.65 bits per heavy atom. The predicted octanol–water partition coefficient (Wildman–Crippen LogP) is 3.79. The summed E-state index contributed by atoms with van der Waals surface area (Å²) in [6.07, 6.45) is 4.84. The number of hydrogen-bond acceptors (Lipinski definition) is 4. The van der Waals surface area contributed by atoms with Crippen LogP contribution in [-0.4, -0.2) is 19.2 Å². The molecule has 0 aliphatic rings. The van der Waals surface area contributed by atoms with Gasteiger partial charge >= 0.3 is 0 Å². The Bertz CT molecular complexity index is 808. The molecule has 0 unspecified atom stereocenters. The highest BCUT2D eigenvalue weighted by Gasteiger charge is 2.11. The molecule has 1 aromatic heterocycles. The quantitative estimate of drug-likeness (QED) is 0.672. The van der Waals surface area contributed by atoms with Crippen LogP contribution in [0.25, 0.3) is 10.4 Å². The Hall–Kier alpha value is -2.97. The van der Waals surface area contributed by atoms with Gasteiger partial charge in [-0.2, -0.15) is 5.26 Å². The minimum atomic E-state index is -0.192. The van der Waals surface area contributed by atoms with Crippen LogP contribution in [0.3, 0.4) is 0 Å². The molecule has 2 aromatic rings. The molecular weight excluding hydrogens is 306 g/mol. The smallest absolute Gasteiger partial charge is 0.265 e. The van der Waals surface area contributed by atoms with Crippen LogP contribution in [0.5, 0.6) is 0 Å². The van der Waals surface area contributed by atoms with Gasteiger partial charge in [0.05, 0.1) is 22.2 Å². The maximum atomic E-state index is 12.3. The fourth-order valence-electron chi connectivity index (χ4n) is 1.90. The summed E-state index contributed by atoms with van der Waals surface area (Å²) in [6, 6.07) is 13.0. The van der Waals surface area contributed by atoms with Crippen molar-refractivity contribution >= 4 is 23.5 Å². The number of aliphatic imine (C=N–C) groups is 1. The summed E-state index contributed by atoms with van der Waals surface area (Å²) in [5.74, 6) is -0.192. The molecule has 114 valence electrons. The van der Waals surface area contributed by atoms with Crippen LogP contribution in [0.1, 0.15) is 15.2 Å². The predicted molar refractivity (Wildman–Crippen MR) is 94.6 cm³/mol. The van der Waals surface area contributed by atoms with Crippen molar-refractivity contribution in [1.29, 1.82) is 5.26 Å². The lowest BCUT2D eigenvalue weighted by Crippen LogP contribution is -2.22. The zero-order valence-corrected chi connectivity index (χ0v) is 13.4. The van der Waals surface area contributed by atoms with Gasteiger partial charge in [-0.05, 0) is 35.9 Å². The molecule has 0 bridgehead atoms. The molecule has 0 saturated carbocycles. The van der Waals surface area contributed by atoms with Crippen LogP contribution < -0.4 is 5.32 Å². The summed E-state index contributed by atoms with van der Waals surface area (Å²) >= 11 is 1.39. The van der Waals surface area contributed by atoms with Gasteiger partial charge in [-0.1, -0.05) is 24.8 Å². The standard InChI is InChI=1S/C18H15N3OS/c1-3-4-15(12-20-2)21-18(22)17-10-9-16(23-17)14-7-5-13(11-19)6-8-14/h3-10,12H,1H2,2H3,(H,21,22)/b15-4+,20-12?. The minimum absolute atomic E-state index is 0.192. The Morgan fingerprint density at radius 1 is 1.30 bits per heavy atom. The molecule has 1 heterocycles. The SMILES string of the molecule is C=C/C=C(\C=NC)NC(=O)c1ccc(-c2ccc(C#N)cc2)s1. The lowest BCUT2D eigenvalue weighted by molar-refractivity contribution is 0.0972. The second-order valence-electron chi connectivity index (χ2n) is 4.55. The number of thiophene rings is 1. The summed E-state index contributed by atoms with van der Waals surface area (Å²) in [5, 5.41) is 11.6. The van der Waals surface area contributed by atoms with Crippen molar-refractivity contribution in [3.63, 3.8) is 0 Å². The molecule has 23 heavy (non-hydrogen) atoms. The summed E-state index contributed by atoms with van der Waals surface area (Å²) in [4.78, 5) is 17.7. The molecule has 0 atom stereocenters. The van der Waals surface area contributed by atoms with E-state index in [9.17, 15) is 4.79 Å². The summed E-state index contributed by atoms with van der Waals surface area (Å²) in [6.45, 7) is 3.61. The van der Waals surface area contributed by atoms with Crippen molar-refractivity contribution < 1.29 is 4.79 Å². The van der Waals surface area contributed by atoms with Crippen LogP contribution in [0.2, 0.25) is 0 Å². The maximum absolute atomic E-state index is 12.3. The number of rotatable bonds is 5. The van der Waals surface area contributed by atoms with E-state index in [4.69, 9.17) is 5.26 Å². The van der Waals surface area contributed by atoms with Gasteiger partial charge in [0.15, 0.2) is 0 Å². The van der Waals surface area contributed by atoms with Crippen molar-refractivity contribution in [2.75, 3.05) is 7.05 Å². The zero-order valence-electron chi connectivity index (χ0n) is 12.6. The molecule has 1 aromatic carbocycles. The van der Waals surface area contributed by atoms with Crippen molar-refractivity contribution in [2.45, 2.75) is 0 Å². The largest absolute Gasteiger partial charge is 0.320 e. The number of nitrogens with zero attached hydrogens (tertiary/aromatic N) is 2. The Morgan fingerprint density at radius 2 is 2.04 bits per heavy atom. The second kappa shape index (κ2) is 7.87. The number of benzene rings is 1. The number of amides is 1. The van der Waals surface area contributed by atoms with E-state index in [2.05, 4.69) is 23.0 Å². The van der Waals surface area contributed by atoms with Crippen LogP contribution in [-0.2, 0) is 0 Å². The number of nitriles is 1. The fourth-order valence-corrected chi connectivity index (χ4v) is 2.81. The molecule has 1 N–H and O–H groups in total. The van der Waals surface area contributed by atoms with E-state index >= 15 is 0 Å². The molecule has 4 nitrogen and oxygen atoms in total. The Labute approximate surface area is 139 Å². The first-order valence-corrected chi connectivity index (χ1v) is 7.66. The second-order valence-corrected chi connectivity index (χ2v) is 5.64. The highest BCUT2D eigenvalue weighted by atomic mass is 32.1. The lowest BCUT2D eigenvalue weighted by atomic mass is 10.1. The van der Waals surface area contributed by atoms with Gasteiger partial charge in [0.2, 0.25) is 0 Å². The van der Waals surface area contributed by atoms with Gasteiger partial charge in [-0.15, -0.1) is 11.3 Å². The summed E-state index contributed by atoms with van der Waals surface area (Å²) < 4.78 is 0. The van der Waals surface area contributed by atoms with Gasteiger partial charge in [-0.25, -0.2) is 0 Å².